The Bertz CT molecular complexity index is 2920. The minimum absolute atomic E-state index is 0.283. The number of rotatable bonds is 3. The molecule has 2 aliphatic rings. The molecule has 0 spiro atoms. The number of benzene rings is 8. The molecule has 11 rings (SSSR count). The van der Waals surface area contributed by atoms with Crippen molar-refractivity contribution in [3.05, 3.63) is 182 Å². The second-order valence-electron chi connectivity index (χ2n) is 13.7. The number of aromatic nitrogens is 1. The lowest BCUT2D eigenvalue weighted by Crippen LogP contribution is -2.27. The van der Waals surface area contributed by atoms with E-state index in [2.05, 4.69) is 185 Å². The molecule has 2 nitrogen and oxygen atoms in total. The van der Waals surface area contributed by atoms with Crippen LogP contribution in [0.3, 0.4) is 0 Å². The molecule has 8 aromatic carbocycles. The van der Waals surface area contributed by atoms with Gasteiger partial charge < -0.3 is 9.47 Å². The molecule has 1 aromatic heterocycles. The van der Waals surface area contributed by atoms with E-state index in [9.17, 15) is 0 Å². The van der Waals surface area contributed by atoms with E-state index in [1.165, 1.54) is 93.4 Å². The van der Waals surface area contributed by atoms with E-state index >= 15 is 0 Å². The highest BCUT2D eigenvalue weighted by Crippen LogP contribution is 2.49. The third kappa shape index (κ3) is 4.02. The normalized spacial score (nSPS) is 15.3. The molecule has 0 N–H and O–H groups in total. The molecule has 2 heterocycles. The van der Waals surface area contributed by atoms with E-state index in [-0.39, 0.29) is 6.04 Å². The van der Waals surface area contributed by atoms with Crippen LogP contribution >= 0.6 is 0 Å². The highest BCUT2D eigenvalue weighted by molar-refractivity contribution is 6.11. The number of nitrogens with zero attached hydrogens (tertiary/aromatic N) is 2. The van der Waals surface area contributed by atoms with Gasteiger partial charge in [0.2, 0.25) is 0 Å². The van der Waals surface area contributed by atoms with E-state index in [1.807, 2.05) is 0 Å². The number of para-hydroxylation sites is 1. The third-order valence-electron chi connectivity index (χ3n) is 11.0. The molecular formula is C48H32N2. The zero-order valence-electron chi connectivity index (χ0n) is 27.4. The summed E-state index contributed by atoms with van der Waals surface area (Å²) in [5.41, 5.74) is 11.4. The second kappa shape index (κ2) is 10.6. The summed E-state index contributed by atoms with van der Waals surface area (Å²) in [6.45, 7) is 0. The van der Waals surface area contributed by atoms with Crippen LogP contribution in [0.15, 0.2) is 176 Å². The topological polar surface area (TPSA) is 8.17 Å². The summed E-state index contributed by atoms with van der Waals surface area (Å²) in [6, 6.07) is 58.7. The fraction of sp³-hybridized carbons (Fsp3) is 0.0417. The summed E-state index contributed by atoms with van der Waals surface area (Å²) in [6.07, 6.45) is 7.85. The molecule has 0 saturated carbocycles. The first-order chi connectivity index (χ1) is 24.8. The Labute approximate surface area is 290 Å². The summed E-state index contributed by atoms with van der Waals surface area (Å²) in [5.74, 6) is 0. The lowest BCUT2D eigenvalue weighted by Gasteiger charge is -2.29. The van der Waals surface area contributed by atoms with E-state index < -0.39 is 0 Å². The first kappa shape index (κ1) is 27.6. The van der Waals surface area contributed by atoms with Crippen molar-refractivity contribution in [3.8, 4) is 16.8 Å². The van der Waals surface area contributed by atoms with Crippen LogP contribution in [0.4, 0.5) is 11.4 Å². The van der Waals surface area contributed by atoms with Gasteiger partial charge in [-0.3, -0.25) is 0 Å². The van der Waals surface area contributed by atoms with Crippen molar-refractivity contribution in [2.24, 2.45) is 0 Å². The zero-order chi connectivity index (χ0) is 32.8. The molecule has 0 radical (unpaired) electrons. The summed E-state index contributed by atoms with van der Waals surface area (Å²) in [5, 5.41) is 10.2. The molecule has 50 heavy (non-hydrogen) atoms. The summed E-state index contributed by atoms with van der Waals surface area (Å²) in [4.78, 5) is 2.56. The van der Waals surface area contributed by atoms with Crippen molar-refractivity contribution in [1.29, 1.82) is 0 Å². The Hall–Kier alpha value is -6.38. The monoisotopic (exact) mass is 636 g/mol. The van der Waals surface area contributed by atoms with E-state index in [0.29, 0.717) is 0 Å². The van der Waals surface area contributed by atoms with Crippen molar-refractivity contribution in [3.63, 3.8) is 0 Å². The number of allylic oxidation sites excluding steroid dienone is 2. The van der Waals surface area contributed by atoms with Gasteiger partial charge in [0.15, 0.2) is 0 Å². The van der Waals surface area contributed by atoms with Gasteiger partial charge in [-0.05, 0) is 110 Å². The predicted octanol–water partition coefficient (Wildman–Crippen LogP) is 12.8. The quantitative estimate of drug-likeness (QED) is 0.175. The lowest BCUT2D eigenvalue weighted by atomic mass is 9.93. The van der Waals surface area contributed by atoms with Crippen LogP contribution < -0.4 is 4.90 Å². The summed E-state index contributed by atoms with van der Waals surface area (Å²) >= 11 is 0. The Balaban J connectivity index is 1.04. The highest BCUT2D eigenvalue weighted by atomic mass is 15.2. The van der Waals surface area contributed by atoms with Crippen molar-refractivity contribution in [1.82, 2.24) is 4.57 Å². The molecule has 1 atom stereocenters. The van der Waals surface area contributed by atoms with E-state index in [4.69, 9.17) is 0 Å². The van der Waals surface area contributed by atoms with Gasteiger partial charge in [-0.15, -0.1) is 0 Å². The van der Waals surface area contributed by atoms with Crippen LogP contribution in [0.1, 0.15) is 12.0 Å². The molecule has 0 saturated heterocycles. The minimum atomic E-state index is 0.283. The van der Waals surface area contributed by atoms with Crippen LogP contribution in [0, 0.1) is 0 Å². The zero-order valence-corrected chi connectivity index (χ0v) is 27.4. The van der Waals surface area contributed by atoms with Crippen LogP contribution in [0.5, 0.6) is 0 Å². The van der Waals surface area contributed by atoms with Gasteiger partial charge >= 0.3 is 0 Å². The molecule has 1 aliphatic carbocycles. The Kier molecular flexibility index (Phi) is 5.82. The smallest absolute Gasteiger partial charge is 0.0632 e. The van der Waals surface area contributed by atoms with Gasteiger partial charge in [-0.2, -0.15) is 0 Å². The predicted molar refractivity (Wildman–Crippen MR) is 213 cm³/mol. The van der Waals surface area contributed by atoms with Crippen molar-refractivity contribution >= 4 is 71.1 Å². The Morgan fingerprint density at radius 3 is 2.08 bits per heavy atom. The van der Waals surface area contributed by atoms with Gasteiger partial charge in [0.25, 0.3) is 0 Å². The molecule has 9 aromatic rings. The standard InChI is InChI=1S/C48H32N2/c1-2-11-33-27-37(22-19-31(33)9-1)49-45-15-7-5-13-41(45)43-29-34(20-25-47(43)49)35-21-26-48-44(30-35)42-14-6-8-16-46(42)50(48)38-23-24-40-36(28-38)18-17-32-10-3-4-12-39(32)40/h1-15,17-30,46H,16H2. The second-order valence-corrected chi connectivity index (χ2v) is 13.7. The lowest BCUT2D eigenvalue weighted by molar-refractivity contribution is 0.830. The molecule has 234 valence electrons. The highest BCUT2D eigenvalue weighted by Gasteiger charge is 2.35. The Morgan fingerprint density at radius 2 is 1.14 bits per heavy atom. The first-order valence-corrected chi connectivity index (χ1v) is 17.5. The molecule has 0 amide bonds. The van der Waals surface area contributed by atoms with Crippen LogP contribution in [0.25, 0.3) is 76.5 Å². The fourth-order valence-corrected chi connectivity index (χ4v) is 8.67. The third-order valence-corrected chi connectivity index (χ3v) is 11.0. The van der Waals surface area contributed by atoms with Crippen molar-refractivity contribution < 1.29 is 0 Å². The van der Waals surface area contributed by atoms with Gasteiger partial charge in [-0.1, -0.05) is 121 Å². The molecule has 1 unspecified atom stereocenters. The maximum absolute atomic E-state index is 2.56. The molecule has 0 fully saturated rings. The van der Waals surface area contributed by atoms with Crippen molar-refractivity contribution in [2.75, 3.05) is 4.90 Å². The van der Waals surface area contributed by atoms with Gasteiger partial charge in [0.05, 0.1) is 17.1 Å². The van der Waals surface area contributed by atoms with Crippen LogP contribution in [-0.2, 0) is 0 Å². The van der Waals surface area contributed by atoms with Gasteiger partial charge in [-0.25, -0.2) is 0 Å². The average molecular weight is 637 g/mol. The molecular weight excluding hydrogens is 605 g/mol. The van der Waals surface area contributed by atoms with E-state index in [1.54, 1.807) is 0 Å². The molecule has 1 aliphatic heterocycles. The number of anilines is 2. The van der Waals surface area contributed by atoms with E-state index in [0.717, 1.165) is 6.42 Å². The number of hydrogen-bond acceptors (Lipinski definition) is 1. The summed E-state index contributed by atoms with van der Waals surface area (Å²) in [7, 11) is 0. The van der Waals surface area contributed by atoms with Crippen molar-refractivity contribution in [2.45, 2.75) is 12.5 Å². The van der Waals surface area contributed by atoms with Gasteiger partial charge in [0.1, 0.15) is 0 Å². The maximum atomic E-state index is 2.56. The van der Waals surface area contributed by atoms with Gasteiger partial charge in [0, 0.05) is 33.4 Å². The van der Waals surface area contributed by atoms with Crippen LogP contribution in [-0.4, -0.2) is 10.6 Å². The SMILES string of the molecule is C1=CCC2C(=C1)c1cc(-c3ccc4c(c3)c3ccccc3n4-c3ccc4ccccc4c3)ccc1N2c1ccc2c(ccc3ccccc32)c1. The Morgan fingerprint density at radius 1 is 0.460 bits per heavy atom. The fourth-order valence-electron chi connectivity index (χ4n) is 8.67. The largest absolute Gasteiger partial charge is 0.333 e. The maximum Gasteiger partial charge on any atom is 0.0632 e. The first-order valence-electron chi connectivity index (χ1n) is 17.5. The molecule has 0 bridgehead atoms. The minimum Gasteiger partial charge on any atom is -0.333 e. The average Bonchev–Trinajstić information content (AvgIpc) is 3.69. The number of hydrogen-bond donors (Lipinski definition) is 0. The van der Waals surface area contributed by atoms with Crippen LogP contribution in [0.2, 0.25) is 0 Å². The number of fused-ring (bicyclic) bond motifs is 10. The molecule has 2 heteroatoms. The summed E-state index contributed by atoms with van der Waals surface area (Å²) < 4.78 is 2.41.